The third kappa shape index (κ3) is 4.05. The zero-order chi connectivity index (χ0) is 19.4. The van der Waals surface area contributed by atoms with E-state index in [1.807, 2.05) is 12.1 Å². The highest BCUT2D eigenvalue weighted by Crippen LogP contribution is 2.21. The Kier molecular flexibility index (Phi) is 5.04. The summed E-state index contributed by atoms with van der Waals surface area (Å²) in [6.07, 6.45) is 0. The highest BCUT2D eigenvalue weighted by molar-refractivity contribution is 6.07. The van der Waals surface area contributed by atoms with Crippen LogP contribution in [0.25, 0.3) is 10.9 Å². The van der Waals surface area contributed by atoms with Crippen LogP contribution in [0.1, 0.15) is 23.0 Å². The number of anilines is 2. The van der Waals surface area contributed by atoms with E-state index < -0.39 is 0 Å². The number of nitrogens with one attached hydrogen (secondary N) is 5. The summed E-state index contributed by atoms with van der Waals surface area (Å²) in [5.74, 6) is -0.606. The van der Waals surface area contributed by atoms with Crippen molar-refractivity contribution in [3.05, 3.63) is 59.8 Å². The van der Waals surface area contributed by atoms with Gasteiger partial charge in [0.25, 0.3) is 5.91 Å². The number of para-hydroxylation sites is 1. The SMILES string of the molecule is C/C(=N\NC(=N)NO)c1ccc(NC(=O)c2cc3cccc(N)c3[nH]2)cc1. The number of H-pyrrole nitrogens is 1. The van der Waals surface area contributed by atoms with Crippen molar-refractivity contribution in [1.29, 1.82) is 5.41 Å². The van der Waals surface area contributed by atoms with Crippen molar-refractivity contribution in [2.75, 3.05) is 11.1 Å². The van der Waals surface area contributed by atoms with Crippen LogP contribution in [-0.2, 0) is 0 Å². The summed E-state index contributed by atoms with van der Waals surface area (Å²) in [6, 6.07) is 14.3. The Morgan fingerprint density at radius 2 is 1.96 bits per heavy atom. The molecule has 0 aliphatic carbocycles. The second kappa shape index (κ2) is 7.58. The minimum Gasteiger partial charge on any atom is -0.397 e. The average Bonchev–Trinajstić information content (AvgIpc) is 3.12. The van der Waals surface area contributed by atoms with Gasteiger partial charge in [0, 0.05) is 11.1 Å². The van der Waals surface area contributed by atoms with E-state index in [0.29, 0.717) is 22.8 Å². The number of nitrogens with two attached hydrogens (primary N) is 1. The molecule has 0 atom stereocenters. The lowest BCUT2D eigenvalue weighted by Crippen LogP contribution is -2.30. The normalized spacial score (nSPS) is 11.3. The van der Waals surface area contributed by atoms with Crippen molar-refractivity contribution in [2.24, 2.45) is 5.10 Å². The molecule has 0 radical (unpaired) electrons. The molecule has 0 bridgehead atoms. The number of hydrogen-bond acceptors (Lipinski definition) is 5. The zero-order valence-corrected chi connectivity index (χ0v) is 14.5. The van der Waals surface area contributed by atoms with E-state index in [4.69, 9.17) is 16.4 Å². The third-order valence-corrected chi connectivity index (χ3v) is 3.94. The highest BCUT2D eigenvalue weighted by Gasteiger charge is 2.11. The molecule has 0 aliphatic heterocycles. The Balaban J connectivity index is 1.71. The number of aromatic amines is 1. The summed E-state index contributed by atoms with van der Waals surface area (Å²) in [6.45, 7) is 1.75. The molecule has 9 nitrogen and oxygen atoms in total. The number of carbonyl (C=O) groups excluding carboxylic acids is 1. The first-order valence-electron chi connectivity index (χ1n) is 8.06. The second-order valence-electron chi connectivity index (χ2n) is 5.82. The number of hydrogen-bond donors (Lipinski definition) is 7. The molecule has 1 heterocycles. The van der Waals surface area contributed by atoms with Gasteiger partial charge in [0.05, 0.1) is 16.9 Å². The molecule has 9 heteroatoms. The fourth-order valence-electron chi connectivity index (χ4n) is 2.52. The number of nitrogen functional groups attached to an aromatic ring is 1. The molecule has 0 fully saturated rings. The molecule has 0 aliphatic rings. The predicted molar refractivity (Wildman–Crippen MR) is 105 cm³/mol. The molecule has 1 amide bonds. The molecule has 0 saturated carbocycles. The van der Waals surface area contributed by atoms with Crippen molar-refractivity contribution < 1.29 is 10.0 Å². The first-order valence-corrected chi connectivity index (χ1v) is 8.06. The Labute approximate surface area is 154 Å². The molecular weight excluding hydrogens is 346 g/mol. The van der Waals surface area contributed by atoms with Crippen molar-refractivity contribution in [3.8, 4) is 0 Å². The fraction of sp³-hybridized carbons (Fsp3) is 0.0556. The Bertz CT molecular complexity index is 1020. The van der Waals surface area contributed by atoms with Crippen molar-refractivity contribution in [1.82, 2.24) is 15.9 Å². The van der Waals surface area contributed by atoms with Gasteiger partial charge in [-0.1, -0.05) is 24.3 Å². The monoisotopic (exact) mass is 365 g/mol. The molecule has 1 aromatic heterocycles. The molecular formula is C18H19N7O2. The molecule has 0 saturated heterocycles. The first kappa shape index (κ1) is 18.0. The molecule has 27 heavy (non-hydrogen) atoms. The Morgan fingerprint density at radius 3 is 2.63 bits per heavy atom. The quantitative estimate of drug-likeness (QED) is 0.164. The molecule has 8 N–H and O–H groups in total. The van der Waals surface area contributed by atoms with Gasteiger partial charge in [-0.15, -0.1) is 0 Å². The van der Waals surface area contributed by atoms with Crippen LogP contribution < -0.4 is 22.0 Å². The lowest BCUT2D eigenvalue weighted by molar-refractivity contribution is 0.102. The number of hydroxylamine groups is 1. The van der Waals surface area contributed by atoms with Gasteiger partial charge in [-0.05, 0) is 36.8 Å². The van der Waals surface area contributed by atoms with E-state index in [1.54, 1.807) is 48.8 Å². The Morgan fingerprint density at radius 1 is 1.22 bits per heavy atom. The smallest absolute Gasteiger partial charge is 0.272 e. The standard InChI is InChI=1S/C18H19N7O2/c1-10(23-24-18(20)25-27)11-5-7-13(8-6-11)21-17(26)15-9-12-3-2-4-14(19)16(12)22-15/h2-9,22,27H,19H2,1H3,(H,21,26)(H3,20,24,25)/b23-10+. The zero-order valence-electron chi connectivity index (χ0n) is 14.5. The second-order valence-corrected chi connectivity index (χ2v) is 5.82. The minimum absolute atomic E-state index is 0.270. The number of rotatable bonds is 4. The van der Waals surface area contributed by atoms with Gasteiger partial charge in [0.1, 0.15) is 5.69 Å². The number of nitrogens with zero attached hydrogens (tertiary/aromatic N) is 1. The van der Waals surface area contributed by atoms with E-state index in [0.717, 1.165) is 16.5 Å². The summed E-state index contributed by atoms with van der Waals surface area (Å²) < 4.78 is 0. The molecule has 3 aromatic rings. The van der Waals surface area contributed by atoms with Crippen LogP contribution in [0.4, 0.5) is 11.4 Å². The average molecular weight is 365 g/mol. The summed E-state index contributed by atoms with van der Waals surface area (Å²) in [4.78, 5) is 15.5. The Hall–Kier alpha value is -3.85. The first-order chi connectivity index (χ1) is 13.0. The van der Waals surface area contributed by atoms with Crippen LogP contribution >= 0.6 is 0 Å². The van der Waals surface area contributed by atoms with Crippen LogP contribution in [0.5, 0.6) is 0 Å². The van der Waals surface area contributed by atoms with Gasteiger partial charge < -0.3 is 16.0 Å². The number of guanidine groups is 1. The van der Waals surface area contributed by atoms with Gasteiger partial charge in [0.2, 0.25) is 5.96 Å². The van der Waals surface area contributed by atoms with E-state index in [-0.39, 0.29) is 11.9 Å². The van der Waals surface area contributed by atoms with E-state index >= 15 is 0 Å². The lowest BCUT2D eigenvalue weighted by atomic mass is 10.1. The third-order valence-electron chi connectivity index (χ3n) is 3.94. The number of aromatic nitrogens is 1. The van der Waals surface area contributed by atoms with Gasteiger partial charge in [-0.3, -0.25) is 15.4 Å². The van der Waals surface area contributed by atoms with Gasteiger partial charge in [-0.25, -0.2) is 10.9 Å². The number of benzene rings is 2. The predicted octanol–water partition coefficient (Wildman–Crippen LogP) is 2.23. The maximum atomic E-state index is 12.5. The summed E-state index contributed by atoms with van der Waals surface area (Å²) >= 11 is 0. The molecule has 2 aromatic carbocycles. The summed E-state index contributed by atoms with van der Waals surface area (Å²) in [5, 5.41) is 23.4. The fourth-order valence-corrected chi connectivity index (χ4v) is 2.52. The molecule has 0 unspecified atom stereocenters. The van der Waals surface area contributed by atoms with Gasteiger partial charge >= 0.3 is 0 Å². The number of carbonyl (C=O) groups is 1. The van der Waals surface area contributed by atoms with E-state index in [2.05, 4.69) is 20.8 Å². The molecule has 0 spiro atoms. The summed E-state index contributed by atoms with van der Waals surface area (Å²) in [5.41, 5.74) is 13.7. The number of fused-ring (bicyclic) bond motifs is 1. The van der Waals surface area contributed by atoms with Crippen LogP contribution in [-0.4, -0.2) is 27.8 Å². The van der Waals surface area contributed by atoms with E-state index in [1.165, 1.54) is 0 Å². The largest absolute Gasteiger partial charge is 0.397 e. The maximum Gasteiger partial charge on any atom is 0.272 e. The minimum atomic E-state index is -0.336. The van der Waals surface area contributed by atoms with Crippen molar-refractivity contribution in [2.45, 2.75) is 6.92 Å². The lowest BCUT2D eigenvalue weighted by Gasteiger charge is -2.06. The summed E-state index contributed by atoms with van der Waals surface area (Å²) in [7, 11) is 0. The van der Waals surface area contributed by atoms with Crippen molar-refractivity contribution in [3.63, 3.8) is 0 Å². The van der Waals surface area contributed by atoms with Crippen molar-refractivity contribution >= 4 is 39.9 Å². The number of hydrazone groups is 1. The topological polar surface area (TPSA) is 151 Å². The maximum absolute atomic E-state index is 12.5. The van der Waals surface area contributed by atoms with Crippen LogP contribution in [0.2, 0.25) is 0 Å². The highest BCUT2D eigenvalue weighted by atomic mass is 16.5. The molecule has 138 valence electrons. The van der Waals surface area contributed by atoms with Crippen LogP contribution in [0.15, 0.2) is 53.6 Å². The van der Waals surface area contributed by atoms with Gasteiger partial charge in [0.15, 0.2) is 0 Å². The van der Waals surface area contributed by atoms with Gasteiger partial charge in [-0.2, -0.15) is 5.10 Å². The van der Waals surface area contributed by atoms with Crippen LogP contribution in [0, 0.1) is 5.41 Å². The van der Waals surface area contributed by atoms with Crippen LogP contribution in [0.3, 0.4) is 0 Å². The molecule has 3 rings (SSSR count). The van der Waals surface area contributed by atoms with E-state index in [9.17, 15) is 4.79 Å². The number of amides is 1.